The maximum Gasteiger partial charge on any atom is 0.416 e. The van der Waals surface area contributed by atoms with Gasteiger partial charge >= 0.3 is 12.1 Å². The molecule has 1 saturated heterocycles. The van der Waals surface area contributed by atoms with Crippen LogP contribution in [0.5, 0.6) is 0 Å². The number of aromatic nitrogens is 1. The summed E-state index contributed by atoms with van der Waals surface area (Å²) in [4.78, 5) is 32.8. The van der Waals surface area contributed by atoms with Gasteiger partial charge in [-0.3, -0.25) is 4.79 Å². The molecule has 1 aliphatic heterocycles. The minimum absolute atomic E-state index is 0.00797. The van der Waals surface area contributed by atoms with Crippen LogP contribution in [0.2, 0.25) is 0 Å². The molecule has 2 aliphatic rings. The first-order valence-electron chi connectivity index (χ1n) is 13.2. The van der Waals surface area contributed by atoms with Gasteiger partial charge in [-0.2, -0.15) is 13.2 Å². The molecule has 4 rings (SSSR count). The summed E-state index contributed by atoms with van der Waals surface area (Å²) in [7, 11) is 0. The van der Waals surface area contributed by atoms with E-state index in [2.05, 4.69) is 10.3 Å². The van der Waals surface area contributed by atoms with Gasteiger partial charge in [-0.25, -0.2) is 9.78 Å². The number of hydrogen-bond donors (Lipinski definition) is 2. The van der Waals surface area contributed by atoms with E-state index in [-0.39, 0.29) is 23.3 Å². The summed E-state index contributed by atoms with van der Waals surface area (Å²) in [5, 5.41) is 13.7. The average molecular weight is 532 g/mol. The van der Waals surface area contributed by atoms with Crippen LogP contribution in [0.4, 0.5) is 19.0 Å². The van der Waals surface area contributed by atoms with Crippen LogP contribution in [0.3, 0.4) is 0 Å². The molecule has 2 fully saturated rings. The third-order valence-electron chi connectivity index (χ3n) is 7.86. The van der Waals surface area contributed by atoms with Crippen molar-refractivity contribution in [3.05, 3.63) is 59.3 Å². The van der Waals surface area contributed by atoms with Crippen LogP contribution in [0.15, 0.2) is 42.5 Å². The fraction of sp³-hybridized carbons (Fsp3) is 0.552. The van der Waals surface area contributed by atoms with Crippen LogP contribution < -0.4 is 5.32 Å². The maximum atomic E-state index is 14.1. The Balaban J connectivity index is 1.88. The Bertz CT molecular complexity index is 1160. The van der Waals surface area contributed by atoms with Crippen molar-refractivity contribution < 1.29 is 27.9 Å². The SMILES string of the molecule is Cc1cc(C(F)(F)F)cc(N[C@H]2[C@H](C(C)(C)C)[C@@H](C(=O)O)N(C(=O)C3CCCCC3)[C@H]2c2ccccc2)n1. The van der Waals surface area contributed by atoms with Crippen LogP contribution in [0.1, 0.15) is 75.7 Å². The van der Waals surface area contributed by atoms with Crippen molar-refractivity contribution in [2.75, 3.05) is 5.32 Å². The third-order valence-corrected chi connectivity index (χ3v) is 7.86. The van der Waals surface area contributed by atoms with Gasteiger partial charge in [0.1, 0.15) is 11.9 Å². The maximum absolute atomic E-state index is 14.1. The lowest BCUT2D eigenvalue weighted by Crippen LogP contribution is -2.49. The highest BCUT2D eigenvalue weighted by Gasteiger charge is 2.58. The number of amides is 1. The number of benzene rings is 1. The summed E-state index contributed by atoms with van der Waals surface area (Å²) in [6.07, 6.45) is -0.282. The van der Waals surface area contributed by atoms with Gasteiger partial charge in [0.15, 0.2) is 0 Å². The van der Waals surface area contributed by atoms with E-state index < -0.39 is 47.2 Å². The Kier molecular flexibility index (Phi) is 7.77. The van der Waals surface area contributed by atoms with Crippen molar-refractivity contribution in [3.63, 3.8) is 0 Å². The molecular formula is C29H36F3N3O3. The minimum Gasteiger partial charge on any atom is -0.480 e. The van der Waals surface area contributed by atoms with Gasteiger partial charge in [0.25, 0.3) is 0 Å². The van der Waals surface area contributed by atoms with Gasteiger partial charge in [-0.15, -0.1) is 0 Å². The van der Waals surface area contributed by atoms with E-state index in [0.29, 0.717) is 12.8 Å². The topological polar surface area (TPSA) is 82.5 Å². The Morgan fingerprint density at radius 1 is 1.03 bits per heavy atom. The van der Waals surface area contributed by atoms with E-state index in [1.807, 2.05) is 51.1 Å². The smallest absolute Gasteiger partial charge is 0.416 e. The zero-order valence-electron chi connectivity index (χ0n) is 22.3. The van der Waals surface area contributed by atoms with Gasteiger partial charge in [0, 0.05) is 17.5 Å². The van der Waals surface area contributed by atoms with Crippen molar-refractivity contribution in [2.45, 2.75) is 84.1 Å². The Morgan fingerprint density at radius 2 is 1.66 bits per heavy atom. The molecule has 1 amide bonds. The molecule has 6 nitrogen and oxygen atoms in total. The van der Waals surface area contributed by atoms with Gasteiger partial charge in [0.05, 0.1) is 17.6 Å². The molecule has 1 saturated carbocycles. The summed E-state index contributed by atoms with van der Waals surface area (Å²) < 4.78 is 40.9. The number of aliphatic carboxylic acids is 1. The summed E-state index contributed by atoms with van der Waals surface area (Å²) in [6.45, 7) is 7.21. The second-order valence-electron chi connectivity index (χ2n) is 11.7. The quantitative estimate of drug-likeness (QED) is 0.462. The predicted molar refractivity (Wildman–Crippen MR) is 138 cm³/mol. The van der Waals surface area contributed by atoms with E-state index in [4.69, 9.17) is 0 Å². The van der Waals surface area contributed by atoms with Crippen molar-refractivity contribution in [2.24, 2.45) is 17.3 Å². The van der Waals surface area contributed by atoms with E-state index in [9.17, 15) is 27.9 Å². The van der Waals surface area contributed by atoms with Gasteiger partial charge in [0.2, 0.25) is 5.91 Å². The third kappa shape index (κ3) is 5.66. The molecule has 4 atom stereocenters. The van der Waals surface area contributed by atoms with Gasteiger partial charge in [-0.05, 0) is 42.9 Å². The molecule has 38 heavy (non-hydrogen) atoms. The van der Waals surface area contributed by atoms with Crippen molar-refractivity contribution in [3.8, 4) is 0 Å². The Hall–Kier alpha value is -3.10. The number of carbonyl (C=O) groups is 2. The number of anilines is 1. The van der Waals surface area contributed by atoms with E-state index >= 15 is 0 Å². The number of alkyl halides is 3. The first-order valence-corrected chi connectivity index (χ1v) is 13.2. The molecular weight excluding hydrogens is 495 g/mol. The number of nitrogens with zero attached hydrogens (tertiary/aromatic N) is 2. The summed E-state index contributed by atoms with van der Waals surface area (Å²) in [6, 6.07) is 8.55. The molecule has 1 aromatic heterocycles. The molecule has 0 unspecified atom stereocenters. The van der Waals surface area contributed by atoms with Crippen LogP contribution in [-0.2, 0) is 15.8 Å². The molecule has 0 bridgehead atoms. The number of likely N-dealkylation sites (tertiary alicyclic amines) is 1. The Morgan fingerprint density at radius 3 is 2.21 bits per heavy atom. The monoisotopic (exact) mass is 531 g/mol. The number of carboxylic acid groups (broad SMARTS) is 1. The summed E-state index contributed by atoms with van der Waals surface area (Å²) >= 11 is 0. The first-order chi connectivity index (χ1) is 17.8. The molecule has 2 aromatic rings. The fourth-order valence-electron chi connectivity index (χ4n) is 6.30. The molecule has 2 N–H and O–H groups in total. The lowest BCUT2D eigenvalue weighted by atomic mass is 9.72. The van der Waals surface area contributed by atoms with Gasteiger partial charge < -0.3 is 15.3 Å². The number of carbonyl (C=O) groups excluding carboxylic acids is 1. The molecule has 1 aromatic carbocycles. The largest absolute Gasteiger partial charge is 0.480 e. The van der Waals surface area contributed by atoms with Crippen LogP contribution in [0, 0.1) is 24.2 Å². The Labute approximate surface area is 221 Å². The zero-order chi connectivity index (χ0) is 27.8. The van der Waals surface area contributed by atoms with Crippen LogP contribution in [0.25, 0.3) is 0 Å². The van der Waals surface area contributed by atoms with Crippen molar-refractivity contribution >= 4 is 17.7 Å². The fourth-order valence-corrected chi connectivity index (χ4v) is 6.30. The molecule has 0 spiro atoms. The molecule has 0 radical (unpaired) electrons. The second kappa shape index (κ2) is 10.6. The molecule has 2 heterocycles. The first kappa shape index (κ1) is 27.9. The molecule has 9 heteroatoms. The van der Waals surface area contributed by atoms with Crippen molar-refractivity contribution in [1.29, 1.82) is 0 Å². The number of halogens is 3. The van der Waals surface area contributed by atoms with E-state index in [1.165, 1.54) is 11.8 Å². The molecule has 206 valence electrons. The lowest BCUT2D eigenvalue weighted by molar-refractivity contribution is -0.154. The van der Waals surface area contributed by atoms with Gasteiger partial charge in [-0.1, -0.05) is 70.4 Å². The number of pyridine rings is 1. The number of rotatable bonds is 5. The molecule has 1 aliphatic carbocycles. The number of hydrogen-bond acceptors (Lipinski definition) is 4. The highest BCUT2D eigenvalue weighted by Crippen LogP contribution is 2.50. The highest BCUT2D eigenvalue weighted by molar-refractivity contribution is 5.87. The van der Waals surface area contributed by atoms with E-state index in [0.717, 1.165) is 37.0 Å². The lowest BCUT2D eigenvalue weighted by Gasteiger charge is -2.36. The highest BCUT2D eigenvalue weighted by atomic mass is 19.4. The normalized spacial score (nSPS) is 24.9. The van der Waals surface area contributed by atoms with Crippen LogP contribution >= 0.6 is 0 Å². The second-order valence-corrected chi connectivity index (χ2v) is 11.7. The number of aryl methyl sites for hydroxylation is 1. The minimum atomic E-state index is -4.56. The average Bonchev–Trinajstić information content (AvgIpc) is 3.19. The standard InChI is InChI=1S/C29H36F3N3O3/c1-17-15-20(29(30,31)32)16-21(33-17)34-23-22(28(2,3)4)25(27(37)38)35(24(23)18-11-7-5-8-12-18)26(36)19-13-9-6-10-14-19/h5,7-8,11-12,15-16,19,22-25H,6,9-10,13-14H2,1-4H3,(H,33,34)(H,37,38)/t22-,23-,24-,25-/m0/s1. The number of carboxylic acids is 1. The summed E-state index contributed by atoms with van der Waals surface area (Å²) in [5.74, 6) is -2.20. The van der Waals surface area contributed by atoms with Crippen molar-refractivity contribution in [1.82, 2.24) is 9.88 Å². The predicted octanol–water partition coefficient (Wildman–Crippen LogP) is 6.47. The van der Waals surface area contributed by atoms with E-state index in [1.54, 1.807) is 0 Å². The number of nitrogens with one attached hydrogen (secondary N) is 1. The summed E-state index contributed by atoms with van der Waals surface area (Å²) in [5.41, 5.74) is -0.518. The van der Waals surface area contributed by atoms with Crippen LogP contribution in [-0.4, -0.2) is 39.0 Å². The zero-order valence-corrected chi connectivity index (χ0v) is 22.3.